The summed E-state index contributed by atoms with van der Waals surface area (Å²) in [5.41, 5.74) is 0. The van der Waals surface area contributed by atoms with Crippen LogP contribution in [0.25, 0.3) is 0 Å². The number of rotatable bonds is 2. The molecule has 0 atom stereocenters. The highest BCUT2D eigenvalue weighted by atomic mass is 16.4. The maximum atomic E-state index is 9.25. The third-order valence-electron chi connectivity index (χ3n) is 0.341. The van der Waals surface area contributed by atoms with Gasteiger partial charge in [-0.2, -0.15) is 0 Å². The molecule has 0 unspecified atom stereocenters. The molecule has 0 amide bonds. The first-order chi connectivity index (χ1) is 4.54. The summed E-state index contributed by atoms with van der Waals surface area (Å²) >= 11 is 0. The minimum absolute atomic E-state index is 0.722. The van der Waals surface area contributed by atoms with Crippen LogP contribution in [0.1, 0.15) is 0 Å². The monoisotopic (exact) mass is 143 g/mol. The Hall–Kier alpha value is -1.58. The van der Waals surface area contributed by atoms with Crippen molar-refractivity contribution in [1.29, 1.82) is 0 Å². The first-order valence-corrected chi connectivity index (χ1v) is 2.23. The maximum absolute atomic E-state index is 9.25. The predicted molar refractivity (Wildman–Crippen MR) is 33.0 cm³/mol. The molecular formula is C6H7O4-. The van der Waals surface area contributed by atoms with E-state index in [2.05, 4.69) is 13.2 Å². The Bertz CT molecular complexity index is 130. The van der Waals surface area contributed by atoms with Gasteiger partial charge in [-0.3, -0.25) is 0 Å². The van der Waals surface area contributed by atoms with Gasteiger partial charge in [0.15, 0.2) is 0 Å². The lowest BCUT2D eigenvalue weighted by Gasteiger charge is -1.81. The van der Waals surface area contributed by atoms with E-state index in [1.807, 2.05) is 0 Å². The van der Waals surface area contributed by atoms with Gasteiger partial charge in [-0.1, -0.05) is 13.2 Å². The van der Waals surface area contributed by atoms with Crippen LogP contribution >= 0.6 is 0 Å². The first kappa shape index (κ1) is 11.2. The molecule has 0 aliphatic rings. The van der Waals surface area contributed by atoms with Crippen molar-refractivity contribution >= 4 is 11.9 Å². The van der Waals surface area contributed by atoms with E-state index >= 15 is 0 Å². The van der Waals surface area contributed by atoms with E-state index in [0.717, 1.165) is 12.2 Å². The van der Waals surface area contributed by atoms with Crippen molar-refractivity contribution in [2.24, 2.45) is 0 Å². The standard InChI is InChI=1S/2C3H4O2/c2*1-2-3(4)5/h2*2H,1H2,(H,4,5)/p-1. The van der Waals surface area contributed by atoms with Crippen LogP contribution in [0.2, 0.25) is 0 Å². The lowest BCUT2D eigenvalue weighted by atomic mass is 10.7. The molecule has 0 aromatic carbocycles. The Balaban J connectivity index is 0. The lowest BCUT2D eigenvalue weighted by Crippen LogP contribution is -2.17. The summed E-state index contributed by atoms with van der Waals surface area (Å²) in [5.74, 6) is -2.21. The van der Waals surface area contributed by atoms with Gasteiger partial charge >= 0.3 is 5.97 Å². The molecule has 0 spiro atoms. The molecule has 0 saturated carbocycles. The summed E-state index contributed by atoms with van der Waals surface area (Å²) in [4.78, 5) is 18.4. The first-order valence-electron chi connectivity index (χ1n) is 2.23. The van der Waals surface area contributed by atoms with E-state index in [1.54, 1.807) is 0 Å². The zero-order chi connectivity index (χ0) is 8.57. The molecule has 0 bridgehead atoms. The maximum Gasteiger partial charge on any atom is 0.327 e. The largest absolute Gasteiger partial charge is 0.545 e. The third kappa shape index (κ3) is 32.2. The van der Waals surface area contributed by atoms with E-state index < -0.39 is 11.9 Å². The number of carbonyl (C=O) groups excluding carboxylic acids is 1. The highest BCUT2D eigenvalue weighted by molar-refractivity contribution is 5.78. The number of carbonyl (C=O) groups is 2. The number of carboxylic acids is 2. The molecular weight excluding hydrogens is 136 g/mol. The summed E-state index contributed by atoms with van der Waals surface area (Å²) in [7, 11) is 0. The van der Waals surface area contributed by atoms with Crippen LogP contribution < -0.4 is 5.11 Å². The van der Waals surface area contributed by atoms with E-state index in [4.69, 9.17) is 15.0 Å². The van der Waals surface area contributed by atoms with Gasteiger partial charge in [-0.15, -0.1) is 0 Å². The van der Waals surface area contributed by atoms with Crippen molar-refractivity contribution in [2.45, 2.75) is 0 Å². The third-order valence-corrected chi connectivity index (χ3v) is 0.341. The van der Waals surface area contributed by atoms with Crippen molar-refractivity contribution in [3.8, 4) is 0 Å². The summed E-state index contributed by atoms with van der Waals surface area (Å²) in [6.07, 6.45) is 1.56. The average Bonchev–Trinajstić information content (AvgIpc) is 1.89. The molecule has 0 aliphatic carbocycles. The second-order valence-corrected chi connectivity index (χ2v) is 1.07. The molecule has 0 aliphatic heterocycles. The fraction of sp³-hybridized carbons (Fsp3) is 0. The summed E-state index contributed by atoms with van der Waals surface area (Å²) in [6.45, 7) is 5.86. The van der Waals surface area contributed by atoms with Gasteiger partial charge in [0, 0.05) is 6.08 Å². The van der Waals surface area contributed by atoms with Crippen LogP contribution in [0.5, 0.6) is 0 Å². The van der Waals surface area contributed by atoms with Gasteiger partial charge in [0.25, 0.3) is 0 Å². The molecule has 0 radical (unpaired) electrons. The molecule has 1 N–H and O–H groups in total. The number of hydrogen-bond donors (Lipinski definition) is 1. The predicted octanol–water partition coefficient (Wildman–Crippen LogP) is -0.821. The van der Waals surface area contributed by atoms with Gasteiger partial charge in [0.05, 0.1) is 5.97 Å². The van der Waals surface area contributed by atoms with Gasteiger partial charge in [0.1, 0.15) is 0 Å². The normalized spacial score (nSPS) is 6.40. The topological polar surface area (TPSA) is 77.4 Å². The zero-order valence-electron chi connectivity index (χ0n) is 5.24. The van der Waals surface area contributed by atoms with Crippen LogP contribution in [-0.4, -0.2) is 17.0 Å². The molecule has 56 valence electrons. The van der Waals surface area contributed by atoms with Gasteiger partial charge in [-0.05, 0) is 6.08 Å². The summed E-state index contributed by atoms with van der Waals surface area (Å²) in [6, 6.07) is 0. The Morgan fingerprint density at radius 1 is 1.30 bits per heavy atom. The number of hydrogen-bond acceptors (Lipinski definition) is 3. The molecule has 0 aromatic heterocycles. The Morgan fingerprint density at radius 2 is 1.50 bits per heavy atom. The highest BCUT2D eigenvalue weighted by Crippen LogP contribution is 1.54. The Morgan fingerprint density at radius 3 is 1.50 bits per heavy atom. The van der Waals surface area contributed by atoms with E-state index in [0.29, 0.717) is 0 Å². The van der Waals surface area contributed by atoms with Crippen molar-refractivity contribution in [1.82, 2.24) is 0 Å². The van der Waals surface area contributed by atoms with E-state index in [9.17, 15) is 4.79 Å². The van der Waals surface area contributed by atoms with Crippen LogP contribution in [-0.2, 0) is 9.59 Å². The van der Waals surface area contributed by atoms with Crippen LogP contribution in [0.3, 0.4) is 0 Å². The molecule has 0 fully saturated rings. The van der Waals surface area contributed by atoms with Crippen LogP contribution in [0, 0.1) is 0 Å². The quantitative estimate of drug-likeness (QED) is 0.512. The minimum Gasteiger partial charge on any atom is -0.545 e. The smallest absolute Gasteiger partial charge is 0.327 e. The zero-order valence-corrected chi connectivity index (χ0v) is 5.24. The minimum atomic E-state index is -1.23. The fourth-order valence-corrected chi connectivity index (χ4v) is 0. The highest BCUT2D eigenvalue weighted by Gasteiger charge is 1.73. The van der Waals surface area contributed by atoms with Gasteiger partial charge in [0.2, 0.25) is 0 Å². The fourth-order valence-electron chi connectivity index (χ4n) is 0. The van der Waals surface area contributed by atoms with Crippen LogP contribution in [0.4, 0.5) is 0 Å². The van der Waals surface area contributed by atoms with Crippen molar-refractivity contribution in [3.63, 3.8) is 0 Å². The second kappa shape index (κ2) is 7.42. The SMILES string of the molecule is C=CC(=O)O.C=CC(=O)[O-]. The molecule has 10 heavy (non-hydrogen) atoms. The lowest BCUT2D eigenvalue weighted by molar-refractivity contribution is -0.297. The molecule has 4 heteroatoms. The summed E-state index contributed by atoms with van der Waals surface area (Å²) < 4.78 is 0. The van der Waals surface area contributed by atoms with E-state index in [-0.39, 0.29) is 0 Å². The van der Waals surface area contributed by atoms with Gasteiger partial charge < -0.3 is 15.0 Å². The van der Waals surface area contributed by atoms with Gasteiger partial charge in [-0.25, -0.2) is 4.79 Å². The molecule has 0 rings (SSSR count). The van der Waals surface area contributed by atoms with Crippen molar-refractivity contribution in [2.75, 3.05) is 0 Å². The Kier molecular flexibility index (Phi) is 8.35. The number of aliphatic carboxylic acids is 2. The molecule has 0 saturated heterocycles. The molecule has 0 aromatic rings. The van der Waals surface area contributed by atoms with E-state index in [1.165, 1.54) is 0 Å². The van der Waals surface area contributed by atoms with Crippen molar-refractivity contribution < 1.29 is 19.8 Å². The number of carboxylic acid groups (broad SMARTS) is 2. The molecule has 4 nitrogen and oxygen atoms in total. The van der Waals surface area contributed by atoms with Crippen molar-refractivity contribution in [3.05, 3.63) is 25.3 Å². The molecule has 0 heterocycles. The Labute approximate surface area is 58.1 Å². The average molecular weight is 143 g/mol. The second-order valence-electron chi connectivity index (χ2n) is 1.07. The van der Waals surface area contributed by atoms with Crippen LogP contribution in [0.15, 0.2) is 25.3 Å². The summed E-state index contributed by atoms with van der Waals surface area (Å²) in [5, 5.41) is 16.7.